The van der Waals surface area contributed by atoms with Crippen molar-refractivity contribution < 1.29 is 8.42 Å². The van der Waals surface area contributed by atoms with Crippen molar-refractivity contribution in [1.29, 1.82) is 0 Å². The quantitative estimate of drug-likeness (QED) is 0.852. The first-order valence-corrected chi connectivity index (χ1v) is 8.53. The van der Waals surface area contributed by atoms with Crippen molar-refractivity contribution in [2.45, 2.75) is 31.1 Å². The van der Waals surface area contributed by atoms with E-state index in [-0.39, 0.29) is 0 Å². The van der Waals surface area contributed by atoms with Crippen molar-refractivity contribution >= 4 is 26.0 Å². The van der Waals surface area contributed by atoms with E-state index in [1.165, 1.54) is 0 Å². The normalized spacial score (nSPS) is 19.0. The van der Waals surface area contributed by atoms with Crippen LogP contribution in [0, 0.1) is 5.92 Å². The predicted molar refractivity (Wildman–Crippen MR) is 75.9 cm³/mol. The molecule has 0 bridgehead atoms. The Kier molecular flexibility index (Phi) is 4.45. The Morgan fingerprint density at radius 3 is 2.28 bits per heavy atom. The van der Waals surface area contributed by atoms with Crippen LogP contribution < -0.4 is 0 Å². The van der Waals surface area contributed by atoms with Crippen molar-refractivity contribution in [3.05, 3.63) is 28.7 Å². The van der Waals surface area contributed by atoms with Gasteiger partial charge in [-0.2, -0.15) is 4.31 Å². The summed E-state index contributed by atoms with van der Waals surface area (Å²) in [5, 5.41) is 0. The molecular weight excluding hydrogens is 314 g/mol. The lowest BCUT2D eigenvalue weighted by molar-refractivity contribution is 0.269. The van der Waals surface area contributed by atoms with Crippen molar-refractivity contribution in [2.24, 2.45) is 5.92 Å². The van der Waals surface area contributed by atoms with E-state index >= 15 is 0 Å². The van der Waals surface area contributed by atoms with E-state index in [9.17, 15) is 8.42 Å². The van der Waals surface area contributed by atoms with Crippen LogP contribution in [0.15, 0.2) is 33.6 Å². The van der Waals surface area contributed by atoms with E-state index in [1.54, 1.807) is 28.6 Å². The van der Waals surface area contributed by atoms with Crippen molar-refractivity contribution in [3.8, 4) is 0 Å². The van der Waals surface area contributed by atoms with Crippen LogP contribution in [0.25, 0.3) is 0 Å². The molecule has 1 heterocycles. The zero-order valence-corrected chi connectivity index (χ0v) is 12.9. The van der Waals surface area contributed by atoms with Gasteiger partial charge in [-0.1, -0.05) is 29.3 Å². The molecule has 1 fully saturated rings. The summed E-state index contributed by atoms with van der Waals surface area (Å²) < 4.78 is 27.3. The maximum absolute atomic E-state index is 12.4. The van der Waals surface area contributed by atoms with Gasteiger partial charge in [-0.3, -0.25) is 0 Å². The van der Waals surface area contributed by atoms with Gasteiger partial charge < -0.3 is 0 Å². The molecule has 3 nitrogen and oxygen atoms in total. The van der Waals surface area contributed by atoms with Gasteiger partial charge in [-0.25, -0.2) is 8.42 Å². The van der Waals surface area contributed by atoms with E-state index in [1.807, 2.05) is 0 Å². The average molecular weight is 332 g/mol. The molecule has 0 aliphatic carbocycles. The number of rotatable bonds is 3. The Morgan fingerprint density at radius 1 is 1.22 bits per heavy atom. The second kappa shape index (κ2) is 5.72. The SMILES string of the molecule is CCC1CCN(S(=O)(=O)c2ccc(Br)cc2)CC1. The van der Waals surface area contributed by atoms with Crippen LogP contribution in [0.4, 0.5) is 0 Å². The molecule has 18 heavy (non-hydrogen) atoms. The Balaban J connectivity index is 2.15. The summed E-state index contributed by atoms with van der Waals surface area (Å²) in [6.07, 6.45) is 3.10. The predicted octanol–water partition coefficient (Wildman–Crippen LogP) is 3.26. The van der Waals surface area contributed by atoms with E-state index in [2.05, 4.69) is 22.9 Å². The van der Waals surface area contributed by atoms with Gasteiger partial charge in [-0.15, -0.1) is 0 Å². The number of nitrogens with zero attached hydrogens (tertiary/aromatic N) is 1. The number of benzene rings is 1. The second-order valence-corrected chi connectivity index (χ2v) is 7.56. The summed E-state index contributed by atoms with van der Waals surface area (Å²) in [7, 11) is -3.30. The van der Waals surface area contributed by atoms with Crippen LogP contribution in [-0.2, 0) is 10.0 Å². The van der Waals surface area contributed by atoms with Gasteiger partial charge in [0.25, 0.3) is 0 Å². The summed E-state index contributed by atoms with van der Waals surface area (Å²) in [4.78, 5) is 0.389. The first kappa shape index (κ1) is 14.0. The first-order valence-electron chi connectivity index (χ1n) is 6.29. The van der Waals surface area contributed by atoms with Gasteiger partial charge in [0.05, 0.1) is 4.90 Å². The zero-order valence-electron chi connectivity index (χ0n) is 10.5. The van der Waals surface area contributed by atoms with Crippen LogP contribution in [0.2, 0.25) is 0 Å². The molecule has 0 radical (unpaired) electrons. The van der Waals surface area contributed by atoms with Crippen LogP contribution in [0.3, 0.4) is 0 Å². The maximum Gasteiger partial charge on any atom is 0.243 e. The lowest BCUT2D eigenvalue weighted by Gasteiger charge is -2.30. The fourth-order valence-electron chi connectivity index (χ4n) is 2.31. The first-order chi connectivity index (χ1) is 8.54. The Morgan fingerprint density at radius 2 is 1.78 bits per heavy atom. The van der Waals surface area contributed by atoms with Gasteiger partial charge in [0, 0.05) is 17.6 Å². The highest BCUT2D eigenvalue weighted by Gasteiger charge is 2.28. The van der Waals surface area contributed by atoms with Crippen molar-refractivity contribution in [3.63, 3.8) is 0 Å². The number of sulfonamides is 1. The highest BCUT2D eigenvalue weighted by molar-refractivity contribution is 9.10. The molecule has 0 saturated carbocycles. The molecule has 1 aromatic carbocycles. The Bertz CT molecular complexity index is 490. The molecule has 100 valence electrons. The van der Waals surface area contributed by atoms with Gasteiger partial charge in [0.2, 0.25) is 10.0 Å². The molecule has 0 atom stereocenters. The largest absolute Gasteiger partial charge is 0.243 e. The lowest BCUT2D eigenvalue weighted by atomic mass is 9.96. The fraction of sp³-hybridized carbons (Fsp3) is 0.538. The fourth-order valence-corrected chi connectivity index (χ4v) is 4.05. The minimum Gasteiger partial charge on any atom is -0.207 e. The maximum atomic E-state index is 12.4. The minimum atomic E-state index is -3.30. The molecule has 1 aliphatic rings. The van der Waals surface area contributed by atoms with Crippen LogP contribution in [0.5, 0.6) is 0 Å². The molecule has 0 amide bonds. The third-order valence-electron chi connectivity index (χ3n) is 3.60. The molecule has 0 N–H and O–H groups in total. The molecule has 1 aliphatic heterocycles. The van der Waals surface area contributed by atoms with Gasteiger partial charge >= 0.3 is 0 Å². The molecule has 0 aromatic heterocycles. The summed E-state index contributed by atoms with van der Waals surface area (Å²) in [6.45, 7) is 3.47. The Labute approximate surface area is 117 Å². The van der Waals surface area contributed by atoms with Gasteiger partial charge in [0.15, 0.2) is 0 Å². The molecule has 2 rings (SSSR count). The molecule has 0 unspecified atom stereocenters. The van der Waals surface area contributed by atoms with Crippen molar-refractivity contribution in [2.75, 3.05) is 13.1 Å². The Hall–Kier alpha value is -0.390. The van der Waals surface area contributed by atoms with E-state index in [4.69, 9.17) is 0 Å². The van der Waals surface area contributed by atoms with E-state index < -0.39 is 10.0 Å². The number of piperidine rings is 1. The molecule has 1 saturated heterocycles. The molecule has 5 heteroatoms. The summed E-state index contributed by atoms with van der Waals surface area (Å²) in [5.74, 6) is 0.682. The highest BCUT2D eigenvalue weighted by atomic mass is 79.9. The number of halogens is 1. The second-order valence-electron chi connectivity index (χ2n) is 4.71. The van der Waals surface area contributed by atoms with Crippen LogP contribution in [-0.4, -0.2) is 25.8 Å². The zero-order chi connectivity index (χ0) is 13.2. The van der Waals surface area contributed by atoms with Crippen LogP contribution in [0.1, 0.15) is 26.2 Å². The smallest absolute Gasteiger partial charge is 0.207 e. The number of hydrogen-bond acceptors (Lipinski definition) is 2. The highest BCUT2D eigenvalue weighted by Crippen LogP contribution is 2.25. The molecule has 1 aromatic rings. The third kappa shape index (κ3) is 2.95. The summed E-state index contributed by atoms with van der Waals surface area (Å²) in [5.41, 5.74) is 0. The topological polar surface area (TPSA) is 37.4 Å². The lowest BCUT2D eigenvalue weighted by Crippen LogP contribution is -2.38. The summed E-state index contributed by atoms with van der Waals surface area (Å²) in [6, 6.07) is 6.86. The minimum absolute atomic E-state index is 0.389. The van der Waals surface area contributed by atoms with E-state index in [0.717, 1.165) is 23.7 Å². The van der Waals surface area contributed by atoms with Gasteiger partial charge in [0.1, 0.15) is 0 Å². The molecular formula is C13H18BrNO2S. The van der Waals surface area contributed by atoms with Crippen molar-refractivity contribution in [1.82, 2.24) is 4.31 Å². The third-order valence-corrected chi connectivity index (χ3v) is 6.04. The summed E-state index contributed by atoms with van der Waals surface area (Å²) >= 11 is 3.32. The van der Waals surface area contributed by atoms with E-state index in [0.29, 0.717) is 23.9 Å². The van der Waals surface area contributed by atoms with Crippen LogP contribution >= 0.6 is 15.9 Å². The van der Waals surface area contributed by atoms with Gasteiger partial charge in [-0.05, 0) is 43.0 Å². The molecule has 0 spiro atoms. The average Bonchev–Trinajstić information content (AvgIpc) is 2.39. The number of hydrogen-bond donors (Lipinski definition) is 0. The standard InChI is InChI=1S/C13H18BrNO2S/c1-2-11-7-9-15(10-8-11)18(16,17)13-5-3-12(14)4-6-13/h3-6,11H,2,7-10H2,1H3. The monoisotopic (exact) mass is 331 g/mol.